The first-order chi connectivity index (χ1) is 18.4. The summed E-state index contributed by atoms with van der Waals surface area (Å²) in [6, 6.07) is 17.8. The number of benzene rings is 3. The van der Waals surface area contributed by atoms with Gasteiger partial charge < -0.3 is 14.5 Å². The molecule has 0 saturated carbocycles. The summed E-state index contributed by atoms with van der Waals surface area (Å²) in [6.45, 7) is 2.78. The average Bonchev–Trinajstić information content (AvgIpc) is 2.92. The summed E-state index contributed by atoms with van der Waals surface area (Å²) in [6.07, 6.45) is -4.42. The molecule has 0 aromatic heterocycles. The van der Waals surface area contributed by atoms with Crippen molar-refractivity contribution in [3.05, 3.63) is 88.9 Å². The van der Waals surface area contributed by atoms with E-state index >= 15 is 0 Å². The summed E-state index contributed by atoms with van der Waals surface area (Å²) in [5.74, 6) is -0.160. The molecule has 3 aromatic rings. The predicted octanol–water partition coefficient (Wildman–Crippen LogP) is 5.13. The van der Waals surface area contributed by atoms with Crippen LogP contribution < -0.4 is 14.4 Å². The Morgan fingerprint density at radius 2 is 1.69 bits per heavy atom. The van der Waals surface area contributed by atoms with E-state index in [1.54, 1.807) is 22.8 Å². The number of halogens is 4. The fraction of sp³-hybridized carbons (Fsp3) is 0.296. The van der Waals surface area contributed by atoms with E-state index in [1.807, 2.05) is 30.3 Å². The number of hydrogen-bond acceptors (Lipinski definition) is 5. The van der Waals surface area contributed by atoms with E-state index in [1.165, 1.54) is 24.3 Å². The van der Waals surface area contributed by atoms with Gasteiger partial charge in [0.2, 0.25) is 10.0 Å². The summed E-state index contributed by atoms with van der Waals surface area (Å²) in [5.41, 5.74) is 0.535. The van der Waals surface area contributed by atoms with Crippen molar-refractivity contribution in [2.24, 2.45) is 0 Å². The smallest absolute Gasteiger partial charge is 0.416 e. The molecule has 7 nitrogen and oxygen atoms in total. The molecule has 1 atom stereocenters. The van der Waals surface area contributed by atoms with E-state index in [0.717, 1.165) is 17.7 Å². The van der Waals surface area contributed by atoms with Crippen LogP contribution in [0.5, 0.6) is 5.75 Å². The van der Waals surface area contributed by atoms with Crippen LogP contribution in [-0.4, -0.2) is 52.0 Å². The molecule has 39 heavy (non-hydrogen) atoms. The fourth-order valence-electron chi connectivity index (χ4n) is 4.20. The molecule has 0 aliphatic carbocycles. The molecule has 0 unspecified atom stereocenters. The van der Waals surface area contributed by atoms with Crippen molar-refractivity contribution in [2.75, 3.05) is 37.7 Å². The second kappa shape index (κ2) is 11.8. The molecule has 1 heterocycles. The number of rotatable bonds is 8. The van der Waals surface area contributed by atoms with Gasteiger partial charge in [-0.25, -0.2) is 13.1 Å². The molecule has 208 valence electrons. The van der Waals surface area contributed by atoms with E-state index in [4.69, 9.17) is 16.3 Å². The summed E-state index contributed by atoms with van der Waals surface area (Å²) in [5, 5.41) is 0.0346. The first-order valence-electron chi connectivity index (χ1n) is 12.1. The third-order valence-corrected chi connectivity index (χ3v) is 8.20. The molecule has 4 rings (SSSR count). The lowest BCUT2D eigenvalue weighted by Crippen LogP contribution is -2.50. The highest BCUT2D eigenvalue weighted by Crippen LogP contribution is 2.32. The Morgan fingerprint density at radius 1 is 1.00 bits per heavy atom. The molecular weight excluding hydrogens is 555 g/mol. The zero-order valence-electron chi connectivity index (χ0n) is 21.0. The first kappa shape index (κ1) is 28.7. The zero-order chi connectivity index (χ0) is 28.2. The van der Waals surface area contributed by atoms with Gasteiger partial charge in [-0.1, -0.05) is 48.0 Å². The highest BCUT2D eigenvalue weighted by Gasteiger charge is 2.31. The maximum atomic E-state index is 13.0. The molecule has 1 aliphatic heterocycles. The van der Waals surface area contributed by atoms with Crippen LogP contribution in [0.3, 0.4) is 0 Å². The largest absolute Gasteiger partial charge is 0.482 e. The fourth-order valence-corrected chi connectivity index (χ4v) is 5.76. The van der Waals surface area contributed by atoms with Crippen LogP contribution in [0.1, 0.15) is 24.1 Å². The number of nitrogens with one attached hydrogen (secondary N) is 1. The van der Waals surface area contributed by atoms with Gasteiger partial charge in [-0.2, -0.15) is 13.2 Å². The Hall–Kier alpha value is -3.28. The third kappa shape index (κ3) is 7.23. The topological polar surface area (TPSA) is 78.9 Å². The molecule has 1 N–H and O–H groups in total. The first-order valence-corrected chi connectivity index (χ1v) is 14.0. The van der Waals surface area contributed by atoms with Crippen molar-refractivity contribution >= 4 is 33.2 Å². The number of carbonyl (C=O) groups is 1. The van der Waals surface area contributed by atoms with E-state index in [9.17, 15) is 26.4 Å². The van der Waals surface area contributed by atoms with Crippen molar-refractivity contribution in [2.45, 2.75) is 24.0 Å². The standard InChI is InChI=1S/C27H27ClF3N3O4S/c1-19(20-6-3-2-4-7-20)32-39(36,37)23-10-11-25(24(28)17-23)38-18-26(35)34-14-12-33(13-15-34)22-9-5-8-21(16-22)27(29,30)31/h2-11,16-17,19,32H,12-15,18H2,1H3/t19-/m0/s1. The maximum Gasteiger partial charge on any atom is 0.416 e. The number of amides is 1. The SMILES string of the molecule is C[C@H](NS(=O)(=O)c1ccc(OCC(=O)N2CCN(c3cccc(C(F)(F)F)c3)CC2)c(Cl)c1)c1ccccc1. The van der Waals surface area contributed by atoms with Gasteiger partial charge in [-0.15, -0.1) is 0 Å². The average molecular weight is 582 g/mol. The van der Waals surface area contributed by atoms with Crippen molar-refractivity contribution < 1.29 is 31.1 Å². The van der Waals surface area contributed by atoms with Crippen LogP contribution in [-0.2, 0) is 21.0 Å². The van der Waals surface area contributed by atoms with Crippen molar-refractivity contribution in [1.29, 1.82) is 0 Å². The van der Waals surface area contributed by atoms with E-state index in [2.05, 4.69) is 4.72 Å². The lowest BCUT2D eigenvalue weighted by atomic mass is 10.1. The Balaban J connectivity index is 1.31. The summed E-state index contributed by atoms with van der Waals surface area (Å²) in [7, 11) is -3.87. The number of piperazine rings is 1. The molecule has 0 spiro atoms. The minimum atomic E-state index is -4.42. The Labute approximate surface area is 230 Å². The van der Waals surface area contributed by atoms with Crippen molar-refractivity contribution in [3.63, 3.8) is 0 Å². The highest BCUT2D eigenvalue weighted by atomic mass is 35.5. The molecule has 0 bridgehead atoms. The van der Waals surface area contributed by atoms with Gasteiger partial charge in [0.15, 0.2) is 6.61 Å². The summed E-state index contributed by atoms with van der Waals surface area (Å²) >= 11 is 6.26. The molecule has 0 radical (unpaired) electrons. The number of carbonyl (C=O) groups excluding carboxylic acids is 1. The van der Waals surface area contributed by atoms with E-state index < -0.39 is 27.8 Å². The summed E-state index contributed by atoms with van der Waals surface area (Å²) in [4.78, 5) is 16.0. The number of nitrogens with zero attached hydrogens (tertiary/aromatic N) is 2. The van der Waals surface area contributed by atoms with Gasteiger partial charge in [0.25, 0.3) is 5.91 Å². The van der Waals surface area contributed by atoms with Gasteiger partial charge in [0, 0.05) is 37.9 Å². The number of sulfonamides is 1. The lowest BCUT2D eigenvalue weighted by molar-refractivity contribution is -0.137. The highest BCUT2D eigenvalue weighted by molar-refractivity contribution is 7.89. The van der Waals surface area contributed by atoms with Crippen LogP contribution in [0, 0.1) is 0 Å². The minimum absolute atomic E-state index is 0.0346. The second-order valence-corrected chi connectivity index (χ2v) is 11.2. The Kier molecular flexibility index (Phi) is 8.73. The molecule has 1 aliphatic rings. The number of alkyl halides is 3. The van der Waals surface area contributed by atoms with E-state index in [-0.39, 0.29) is 28.2 Å². The van der Waals surface area contributed by atoms with Crippen molar-refractivity contribution in [3.8, 4) is 5.75 Å². The van der Waals surface area contributed by atoms with Crippen LogP contribution in [0.2, 0.25) is 5.02 Å². The van der Waals surface area contributed by atoms with Crippen LogP contribution >= 0.6 is 11.6 Å². The molecule has 3 aromatic carbocycles. The second-order valence-electron chi connectivity index (χ2n) is 9.05. The molecule has 1 fully saturated rings. The van der Waals surface area contributed by atoms with Crippen LogP contribution in [0.15, 0.2) is 77.7 Å². The lowest BCUT2D eigenvalue weighted by Gasteiger charge is -2.36. The monoisotopic (exact) mass is 581 g/mol. The quantitative estimate of drug-likeness (QED) is 0.399. The third-order valence-electron chi connectivity index (χ3n) is 6.37. The number of hydrogen-bond donors (Lipinski definition) is 1. The van der Waals surface area contributed by atoms with E-state index in [0.29, 0.717) is 31.9 Å². The summed E-state index contributed by atoms with van der Waals surface area (Å²) < 4.78 is 72.9. The molecule has 1 amide bonds. The maximum absolute atomic E-state index is 13.0. The van der Waals surface area contributed by atoms with Crippen LogP contribution in [0.4, 0.5) is 18.9 Å². The predicted molar refractivity (Wildman–Crippen MR) is 142 cm³/mol. The molecule has 12 heteroatoms. The van der Waals surface area contributed by atoms with Crippen molar-refractivity contribution in [1.82, 2.24) is 9.62 Å². The normalized spacial score (nSPS) is 15.2. The van der Waals surface area contributed by atoms with Gasteiger partial charge in [-0.3, -0.25) is 4.79 Å². The number of ether oxygens (including phenoxy) is 1. The zero-order valence-corrected chi connectivity index (χ0v) is 22.6. The minimum Gasteiger partial charge on any atom is -0.482 e. The Bertz CT molecular complexity index is 1410. The Morgan fingerprint density at radius 3 is 2.33 bits per heavy atom. The van der Waals surface area contributed by atoms with Gasteiger partial charge >= 0.3 is 6.18 Å². The van der Waals surface area contributed by atoms with Gasteiger partial charge in [0.05, 0.1) is 15.5 Å². The molecule has 1 saturated heterocycles. The van der Waals surface area contributed by atoms with Gasteiger partial charge in [0.1, 0.15) is 5.75 Å². The molecular formula is C27H27ClF3N3O4S. The van der Waals surface area contributed by atoms with Crippen LogP contribution in [0.25, 0.3) is 0 Å². The van der Waals surface area contributed by atoms with Gasteiger partial charge in [-0.05, 0) is 48.9 Å². The number of anilines is 1.